The lowest BCUT2D eigenvalue weighted by molar-refractivity contribution is 0.00406. The highest BCUT2D eigenvalue weighted by molar-refractivity contribution is 5.23. The molecule has 0 spiro atoms. The van der Waals surface area contributed by atoms with E-state index in [1.165, 1.54) is 24.8 Å². The van der Waals surface area contributed by atoms with E-state index in [9.17, 15) is 0 Å². The van der Waals surface area contributed by atoms with Crippen molar-refractivity contribution in [3.63, 3.8) is 0 Å². The Morgan fingerprint density at radius 1 is 1.10 bits per heavy atom. The van der Waals surface area contributed by atoms with Crippen molar-refractivity contribution >= 4 is 0 Å². The van der Waals surface area contributed by atoms with Crippen molar-refractivity contribution in [1.29, 1.82) is 0 Å². The summed E-state index contributed by atoms with van der Waals surface area (Å²) in [5.41, 5.74) is 8.24. The molecule has 2 N–H and O–H groups in total. The largest absolute Gasteiger partial charge is 0.477 e. The van der Waals surface area contributed by atoms with Gasteiger partial charge in [-0.3, -0.25) is 0 Å². The summed E-state index contributed by atoms with van der Waals surface area (Å²) in [6.07, 6.45) is 9.06. The summed E-state index contributed by atoms with van der Waals surface area (Å²) < 4.78 is 6.01. The van der Waals surface area contributed by atoms with Crippen LogP contribution in [0.15, 0.2) is 18.3 Å². The van der Waals surface area contributed by atoms with E-state index in [-0.39, 0.29) is 11.0 Å². The lowest BCUT2D eigenvalue weighted by atomic mass is 9.58. The predicted molar refractivity (Wildman–Crippen MR) is 85.5 cm³/mol. The van der Waals surface area contributed by atoms with Crippen LogP contribution < -0.4 is 10.5 Å². The highest BCUT2D eigenvalue weighted by atomic mass is 16.5. The normalized spacial score (nSPS) is 32.2. The van der Waals surface area contributed by atoms with Crippen molar-refractivity contribution in [2.45, 2.75) is 70.3 Å². The highest BCUT2D eigenvalue weighted by Crippen LogP contribution is 2.51. The SMILES string of the molecule is CC(C)(C)c1ccc(OCC23CCC(N)(CC2)CC3)nc1. The van der Waals surface area contributed by atoms with Crippen molar-refractivity contribution in [3.05, 3.63) is 23.9 Å². The Labute approximate surface area is 128 Å². The standard InChI is InChI=1S/C18H28N2O/c1-16(2,3)14-4-5-15(20-12-14)21-13-17-6-9-18(19,10-7-17)11-8-17/h4-5,12H,6-11,13,19H2,1-3H3. The predicted octanol–water partition coefficient (Wildman–Crippen LogP) is 3.81. The van der Waals surface area contributed by atoms with E-state index in [1.807, 2.05) is 12.3 Å². The minimum absolute atomic E-state index is 0.133. The summed E-state index contributed by atoms with van der Waals surface area (Å²) in [5.74, 6) is 0.757. The Hall–Kier alpha value is -1.09. The molecule has 0 unspecified atom stereocenters. The molecule has 3 nitrogen and oxygen atoms in total. The van der Waals surface area contributed by atoms with E-state index in [0.717, 1.165) is 31.7 Å². The molecule has 0 radical (unpaired) electrons. The van der Waals surface area contributed by atoms with Crippen LogP contribution in [-0.2, 0) is 5.41 Å². The lowest BCUT2D eigenvalue weighted by Crippen LogP contribution is -2.53. The van der Waals surface area contributed by atoms with Gasteiger partial charge in [-0.1, -0.05) is 26.8 Å². The van der Waals surface area contributed by atoms with Crippen LogP contribution in [0, 0.1) is 5.41 Å². The first-order valence-corrected chi connectivity index (χ1v) is 8.19. The van der Waals surface area contributed by atoms with Crippen molar-refractivity contribution in [1.82, 2.24) is 4.98 Å². The summed E-state index contributed by atoms with van der Waals surface area (Å²) in [5, 5.41) is 0. The molecule has 3 heteroatoms. The maximum absolute atomic E-state index is 6.37. The zero-order valence-corrected chi connectivity index (χ0v) is 13.6. The lowest BCUT2D eigenvalue weighted by Gasteiger charge is -2.51. The van der Waals surface area contributed by atoms with Gasteiger partial charge < -0.3 is 10.5 Å². The van der Waals surface area contributed by atoms with Crippen molar-refractivity contribution in [2.24, 2.45) is 11.1 Å². The zero-order chi connectivity index (χ0) is 15.1. The van der Waals surface area contributed by atoms with Crippen molar-refractivity contribution in [3.8, 4) is 5.88 Å². The van der Waals surface area contributed by atoms with Crippen LogP contribution in [0.3, 0.4) is 0 Å². The molecule has 116 valence electrons. The fourth-order valence-electron chi connectivity index (χ4n) is 3.65. The first-order valence-electron chi connectivity index (χ1n) is 8.19. The van der Waals surface area contributed by atoms with E-state index < -0.39 is 0 Å². The number of pyridine rings is 1. The van der Waals surface area contributed by atoms with Gasteiger partial charge in [0.2, 0.25) is 5.88 Å². The van der Waals surface area contributed by atoms with Crippen LogP contribution in [-0.4, -0.2) is 17.1 Å². The fourth-order valence-corrected chi connectivity index (χ4v) is 3.65. The van der Waals surface area contributed by atoms with Crippen molar-refractivity contribution in [2.75, 3.05) is 6.61 Å². The molecular formula is C18H28N2O. The van der Waals surface area contributed by atoms with Gasteiger partial charge in [0.25, 0.3) is 0 Å². The van der Waals surface area contributed by atoms with Crippen LogP contribution in [0.5, 0.6) is 5.88 Å². The molecule has 3 saturated carbocycles. The molecule has 0 saturated heterocycles. The van der Waals surface area contributed by atoms with Gasteiger partial charge >= 0.3 is 0 Å². The summed E-state index contributed by atoms with van der Waals surface area (Å²) in [6, 6.07) is 4.14. The van der Waals surface area contributed by atoms with Gasteiger partial charge in [-0.15, -0.1) is 0 Å². The minimum Gasteiger partial charge on any atom is -0.477 e. The molecule has 3 aliphatic rings. The van der Waals surface area contributed by atoms with E-state index in [1.54, 1.807) is 0 Å². The number of hydrogen-bond donors (Lipinski definition) is 1. The van der Waals surface area contributed by atoms with Crippen LogP contribution in [0.25, 0.3) is 0 Å². The van der Waals surface area contributed by atoms with Gasteiger partial charge in [0.1, 0.15) is 0 Å². The number of hydrogen-bond acceptors (Lipinski definition) is 3. The molecule has 1 aromatic rings. The maximum atomic E-state index is 6.37. The van der Waals surface area contributed by atoms with Gasteiger partial charge in [0.05, 0.1) is 6.61 Å². The van der Waals surface area contributed by atoms with Crippen molar-refractivity contribution < 1.29 is 4.74 Å². The second-order valence-electron chi connectivity index (χ2n) is 8.29. The average Bonchev–Trinajstić information content (AvgIpc) is 2.46. The number of nitrogens with two attached hydrogens (primary N) is 1. The van der Waals surface area contributed by atoms with E-state index in [4.69, 9.17) is 10.5 Å². The third-order valence-electron chi connectivity index (χ3n) is 5.59. The quantitative estimate of drug-likeness (QED) is 0.920. The monoisotopic (exact) mass is 288 g/mol. The first kappa shape index (κ1) is 14.8. The highest BCUT2D eigenvalue weighted by Gasteiger charge is 2.47. The molecule has 0 atom stereocenters. The molecule has 3 aliphatic carbocycles. The molecule has 1 heterocycles. The molecule has 0 aromatic carbocycles. The Kier molecular flexibility index (Phi) is 3.52. The van der Waals surface area contributed by atoms with E-state index in [0.29, 0.717) is 5.41 Å². The van der Waals surface area contributed by atoms with Crippen LogP contribution >= 0.6 is 0 Å². The summed E-state index contributed by atoms with van der Waals surface area (Å²) >= 11 is 0. The third kappa shape index (κ3) is 3.08. The molecule has 0 aliphatic heterocycles. The fraction of sp³-hybridized carbons (Fsp3) is 0.722. The number of aromatic nitrogens is 1. The molecule has 2 bridgehead atoms. The van der Waals surface area contributed by atoms with Crippen LogP contribution in [0.4, 0.5) is 0 Å². The van der Waals surface area contributed by atoms with Crippen LogP contribution in [0.2, 0.25) is 0 Å². The molecule has 21 heavy (non-hydrogen) atoms. The van der Waals surface area contributed by atoms with Gasteiger partial charge in [0.15, 0.2) is 0 Å². The Morgan fingerprint density at radius 3 is 2.19 bits per heavy atom. The Bertz CT molecular complexity index is 476. The molecule has 1 aromatic heterocycles. The minimum atomic E-state index is 0.133. The Balaban J connectivity index is 1.61. The van der Waals surface area contributed by atoms with Gasteiger partial charge in [-0.2, -0.15) is 0 Å². The number of fused-ring (bicyclic) bond motifs is 3. The van der Waals surface area contributed by atoms with Gasteiger partial charge in [-0.25, -0.2) is 4.98 Å². The average molecular weight is 288 g/mol. The topological polar surface area (TPSA) is 48.1 Å². The van der Waals surface area contributed by atoms with Crippen LogP contribution in [0.1, 0.15) is 64.9 Å². The second kappa shape index (κ2) is 4.98. The molecular weight excluding hydrogens is 260 g/mol. The number of nitrogens with zero attached hydrogens (tertiary/aromatic N) is 1. The zero-order valence-electron chi connectivity index (χ0n) is 13.6. The molecule has 0 amide bonds. The maximum Gasteiger partial charge on any atom is 0.213 e. The second-order valence-corrected chi connectivity index (χ2v) is 8.29. The van der Waals surface area contributed by atoms with E-state index in [2.05, 4.69) is 31.8 Å². The summed E-state index contributed by atoms with van der Waals surface area (Å²) in [7, 11) is 0. The van der Waals surface area contributed by atoms with E-state index >= 15 is 0 Å². The third-order valence-corrected chi connectivity index (χ3v) is 5.59. The van der Waals surface area contributed by atoms with Gasteiger partial charge in [0, 0.05) is 23.2 Å². The summed E-state index contributed by atoms with van der Waals surface area (Å²) in [4.78, 5) is 4.47. The first-order chi connectivity index (χ1) is 9.80. The Morgan fingerprint density at radius 2 is 1.71 bits per heavy atom. The number of rotatable bonds is 3. The number of ether oxygens (including phenoxy) is 1. The molecule has 4 rings (SSSR count). The smallest absolute Gasteiger partial charge is 0.213 e. The molecule has 3 fully saturated rings. The summed E-state index contributed by atoms with van der Waals surface area (Å²) in [6.45, 7) is 7.40. The van der Waals surface area contributed by atoms with Gasteiger partial charge in [-0.05, 0) is 49.5 Å².